The summed E-state index contributed by atoms with van der Waals surface area (Å²) in [5, 5.41) is 9.23. The molecule has 0 bridgehead atoms. The zero-order valence-corrected chi connectivity index (χ0v) is 8.80. The average Bonchev–Trinajstić information content (AvgIpc) is 2.07. The van der Waals surface area contributed by atoms with Crippen LogP contribution < -0.4 is 0 Å². The van der Waals surface area contributed by atoms with E-state index >= 15 is 0 Å². The molecular weight excluding hydrogens is 170 g/mol. The Hall–Kier alpha value is -1.29. The molecule has 0 amide bonds. The normalized spacial score (nSPS) is 18.4. The van der Waals surface area contributed by atoms with Crippen LogP contribution in [-0.2, 0) is 5.41 Å². The molecule has 0 atom stereocenters. The van der Waals surface area contributed by atoms with Crippen LogP contribution in [0.3, 0.4) is 0 Å². The van der Waals surface area contributed by atoms with Gasteiger partial charge in [0.15, 0.2) is 0 Å². The fraction of sp³-hybridized carbons (Fsp3) is 0.462. The second-order valence-electron chi connectivity index (χ2n) is 4.37. The standard InChI is InChI=1S/C13H15N/c1-10-4-5-12(11(2)8-10)13(9-14)6-3-7-13/h4-5,8H,3,6-7H2,1-2H3. The molecule has 1 aliphatic carbocycles. The molecule has 0 N–H and O–H groups in total. The zero-order valence-electron chi connectivity index (χ0n) is 8.80. The maximum atomic E-state index is 9.23. The predicted octanol–water partition coefficient (Wildman–Crippen LogP) is 3.25. The molecule has 14 heavy (non-hydrogen) atoms. The second kappa shape index (κ2) is 3.13. The van der Waals surface area contributed by atoms with Gasteiger partial charge in [-0.3, -0.25) is 0 Å². The quantitative estimate of drug-likeness (QED) is 0.658. The molecule has 0 radical (unpaired) electrons. The minimum absolute atomic E-state index is 0.155. The fourth-order valence-electron chi connectivity index (χ4n) is 2.32. The first-order valence-corrected chi connectivity index (χ1v) is 5.17. The van der Waals surface area contributed by atoms with Gasteiger partial charge < -0.3 is 0 Å². The molecule has 1 aliphatic rings. The molecule has 2 rings (SSSR count). The lowest BCUT2D eigenvalue weighted by atomic mass is 9.64. The SMILES string of the molecule is Cc1ccc(C2(C#N)CCC2)c(C)c1. The number of aryl methyl sites for hydroxylation is 2. The molecule has 0 aliphatic heterocycles. The van der Waals surface area contributed by atoms with Gasteiger partial charge in [-0.2, -0.15) is 5.26 Å². The highest BCUT2D eigenvalue weighted by atomic mass is 14.4. The highest BCUT2D eigenvalue weighted by molar-refractivity contribution is 5.42. The van der Waals surface area contributed by atoms with Crippen LogP contribution in [-0.4, -0.2) is 0 Å². The molecule has 0 heterocycles. The average molecular weight is 185 g/mol. The van der Waals surface area contributed by atoms with E-state index in [4.69, 9.17) is 0 Å². The lowest BCUT2D eigenvalue weighted by Gasteiger charge is -2.36. The molecule has 1 nitrogen and oxygen atoms in total. The van der Waals surface area contributed by atoms with Crippen molar-refractivity contribution in [3.8, 4) is 6.07 Å². The molecule has 0 aromatic heterocycles. The van der Waals surface area contributed by atoms with E-state index in [-0.39, 0.29) is 5.41 Å². The Morgan fingerprint density at radius 3 is 2.43 bits per heavy atom. The first-order valence-electron chi connectivity index (χ1n) is 5.17. The third kappa shape index (κ3) is 1.23. The Morgan fingerprint density at radius 1 is 1.29 bits per heavy atom. The molecule has 1 heteroatoms. The fourth-order valence-corrected chi connectivity index (χ4v) is 2.32. The summed E-state index contributed by atoms with van der Waals surface area (Å²) in [4.78, 5) is 0. The highest BCUT2D eigenvalue weighted by Gasteiger charge is 2.39. The van der Waals surface area contributed by atoms with E-state index in [1.54, 1.807) is 0 Å². The van der Waals surface area contributed by atoms with Gasteiger partial charge in [0, 0.05) is 0 Å². The van der Waals surface area contributed by atoms with Gasteiger partial charge in [-0.25, -0.2) is 0 Å². The van der Waals surface area contributed by atoms with Crippen molar-refractivity contribution in [1.82, 2.24) is 0 Å². The summed E-state index contributed by atoms with van der Waals surface area (Å²) in [5.74, 6) is 0. The number of nitrogens with zero attached hydrogens (tertiary/aromatic N) is 1. The van der Waals surface area contributed by atoms with Crippen LogP contribution in [0.5, 0.6) is 0 Å². The van der Waals surface area contributed by atoms with E-state index in [0.29, 0.717) is 0 Å². The predicted molar refractivity (Wildman–Crippen MR) is 57.1 cm³/mol. The van der Waals surface area contributed by atoms with E-state index in [1.165, 1.54) is 23.1 Å². The summed E-state index contributed by atoms with van der Waals surface area (Å²) >= 11 is 0. The topological polar surface area (TPSA) is 23.8 Å². The van der Waals surface area contributed by atoms with Gasteiger partial charge in [-0.1, -0.05) is 23.8 Å². The van der Waals surface area contributed by atoms with Gasteiger partial charge in [-0.15, -0.1) is 0 Å². The number of benzene rings is 1. The van der Waals surface area contributed by atoms with Crippen LogP contribution in [0.2, 0.25) is 0 Å². The smallest absolute Gasteiger partial charge is 0.0825 e. The third-order valence-electron chi connectivity index (χ3n) is 3.32. The molecule has 72 valence electrons. The van der Waals surface area contributed by atoms with Crippen molar-refractivity contribution in [2.24, 2.45) is 0 Å². The molecule has 1 saturated carbocycles. The maximum absolute atomic E-state index is 9.23. The van der Waals surface area contributed by atoms with Gasteiger partial charge in [0.05, 0.1) is 11.5 Å². The molecular formula is C13H15N. The molecule has 0 saturated heterocycles. The van der Waals surface area contributed by atoms with Gasteiger partial charge in [0.2, 0.25) is 0 Å². The van der Waals surface area contributed by atoms with Crippen molar-refractivity contribution < 1.29 is 0 Å². The number of nitriles is 1. The first kappa shape index (κ1) is 9.27. The minimum atomic E-state index is -0.155. The lowest BCUT2D eigenvalue weighted by Crippen LogP contribution is -2.33. The number of hydrogen-bond donors (Lipinski definition) is 0. The Kier molecular flexibility index (Phi) is 2.07. The summed E-state index contributed by atoms with van der Waals surface area (Å²) in [7, 11) is 0. The Bertz CT molecular complexity index is 394. The minimum Gasteiger partial charge on any atom is -0.197 e. The van der Waals surface area contributed by atoms with Gasteiger partial charge >= 0.3 is 0 Å². The number of hydrogen-bond acceptors (Lipinski definition) is 1. The van der Waals surface area contributed by atoms with Crippen LogP contribution in [0.15, 0.2) is 18.2 Å². The van der Waals surface area contributed by atoms with Gasteiger partial charge in [0.25, 0.3) is 0 Å². The lowest BCUT2D eigenvalue weighted by molar-refractivity contribution is 0.322. The third-order valence-corrected chi connectivity index (χ3v) is 3.32. The van der Waals surface area contributed by atoms with Crippen molar-refractivity contribution in [3.05, 3.63) is 34.9 Å². The van der Waals surface area contributed by atoms with E-state index in [1.807, 2.05) is 0 Å². The van der Waals surface area contributed by atoms with Crippen LogP contribution in [0, 0.1) is 25.2 Å². The first-order chi connectivity index (χ1) is 6.68. The van der Waals surface area contributed by atoms with E-state index in [9.17, 15) is 5.26 Å². The Labute approximate surface area is 85.4 Å². The highest BCUT2D eigenvalue weighted by Crippen LogP contribution is 2.44. The summed E-state index contributed by atoms with van der Waals surface area (Å²) in [5.41, 5.74) is 3.64. The van der Waals surface area contributed by atoms with Crippen LogP contribution in [0.25, 0.3) is 0 Å². The second-order valence-corrected chi connectivity index (χ2v) is 4.37. The van der Waals surface area contributed by atoms with Crippen LogP contribution in [0.4, 0.5) is 0 Å². The molecule has 1 fully saturated rings. The van der Waals surface area contributed by atoms with Crippen molar-refractivity contribution in [3.63, 3.8) is 0 Å². The van der Waals surface area contributed by atoms with Crippen molar-refractivity contribution in [2.45, 2.75) is 38.5 Å². The molecule has 1 aromatic carbocycles. The van der Waals surface area contributed by atoms with Gasteiger partial charge in [-0.05, 0) is 44.2 Å². The van der Waals surface area contributed by atoms with Crippen molar-refractivity contribution in [2.75, 3.05) is 0 Å². The van der Waals surface area contributed by atoms with Crippen LogP contribution >= 0.6 is 0 Å². The molecule has 0 spiro atoms. The number of rotatable bonds is 1. The zero-order chi connectivity index (χ0) is 10.2. The van der Waals surface area contributed by atoms with Crippen LogP contribution in [0.1, 0.15) is 36.0 Å². The summed E-state index contributed by atoms with van der Waals surface area (Å²) in [6.07, 6.45) is 3.27. The Morgan fingerprint density at radius 2 is 2.00 bits per heavy atom. The monoisotopic (exact) mass is 185 g/mol. The largest absolute Gasteiger partial charge is 0.197 e. The van der Waals surface area contributed by atoms with E-state index in [2.05, 4.69) is 38.1 Å². The molecule has 0 unspecified atom stereocenters. The molecule has 1 aromatic rings. The summed E-state index contributed by atoms with van der Waals surface area (Å²) < 4.78 is 0. The summed E-state index contributed by atoms with van der Waals surface area (Å²) in [6, 6.07) is 8.91. The maximum Gasteiger partial charge on any atom is 0.0825 e. The van der Waals surface area contributed by atoms with Gasteiger partial charge in [0.1, 0.15) is 0 Å². The van der Waals surface area contributed by atoms with Crippen molar-refractivity contribution in [1.29, 1.82) is 5.26 Å². The van der Waals surface area contributed by atoms with E-state index < -0.39 is 0 Å². The Balaban J connectivity index is 2.46. The van der Waals surface area contributed by atoms with Crippen molar-refractivity contribution >= 4 is 0 Å². The summed E-state index contributed by atoms with van der Waals surface area (Å²) in [6.45, 7) is 4.20. The van der Waals surface area contributed by atoms with E-state index in [0.717, 1.165) is 12.8 Å².